The highest BCUT2D eigenvalue weighted by molar-refractivity contribution is 5.76. The van der Waals surface area contributed by atoms with Gasteiger partial charge in [0.2, 0.25) is 5.91 Å². The monoisotopic (exact) mass is 227 g/mol. The Kier molecular flexibility index (Phi) is 6.46. The molecule has 1 aliphatic carbocycles. The molecule has 1 fully saturated rings. The molecular formula is C13H25NO2. The summed E-state index contributed by atoms with van der Waals surface area (Å²) in [5, 5.41) is 3.15. The number of unbranched alkanes of at least 4 members (excludes halogenated alkanes) is 1. The van der Waals surface area contributed by atoms with Crippen molar-refractivity contribution in [3.05, 3.63) is 0 Å². The SMILES string of the molecule is CCCCC1CCCC1NC(=O)CCOC. The summed E-state index contributed by atoms with van der Waals surface area (Å²) in [5.41, 5.74) is 0. The van der Waals surface area contributed by atoms with Gasteiger partial charge in [-0.15, -0.1) is 0 Å². The molecule has 3 nitrogen and oxygen atoms in total. The summed E-state index contributed by atoms with van der Waals surface area (Å²) in [4.78, 5) is 11.6. The van der Waals surface area contributed by atoms with E-state index in [1.165, 1.54) is 32.1 Å². The van der Waals surface area contributed by atoms with Crippen LogP contribution in [0.4, 0.5) is 0 Å². The van der Waals surface area contributed by atoms with Crippen LogP contribution in [-0.4, -0.2) is 25.7 Å². The number of hydrogen-bond acceptors (Lipinski definition) is 2. The number of carbonyl (C=O) groups excluding carboxylic acids is 1. The maximum Gasteiger partial charge on any atom is 0.222 e. The predicted octanol–water partition coefficient (Wildman–Crippen LogP) is 2.50. The first-order chi connectivity index (χ1) is 7.77. The van der Waals surface area contributed by atoms with Crippen LogP contribution in [0.15, 0.2) is 0 Å². The van der Waals surface area contributed by atoms with Crippen molar-refractivity contribution in [2.24, 2.45) is 5.92 Å². The molecule has 3 heteroatoms. The van der Waals surface area contributed by atoms with Crippen molar-refractivity contribution in [1.29, 1.82) is 0 Å². The first kappa shape index (κ1) is 13.5. The number of methoxy groups -OCH3 is 1. The number of amides is 1. The third kappa shape index (κ3) is 4.52. The Morgan fingerprint density at radius 3 is 2.94 bits per heavy atom. The number of rotatable bonds is 7. The van der Waals surface area contributed by atoms with Gasteiger partial charge in [-0.2, -0.15) is 0 Å². The molecule has 2 unspecified atom stereocenters. The quantitative estimate of drug-likeness (QED) is 0.725. The lowest BCUT2D eigenvalue weighted by molar-refractivity contribution is -0.122. The summed E-state index contributed by atoms with van der Waals surface area (Å²) in [6.07, 6.45) is 8.01. The summed E-state index contributed by atoms with van der Waals surface area (Å²) < 4.78 is 4.91. The topological polar surface area (TPSA) is 38.3 Å². The van der Waals surface area contributed by atoms with Gasteiger partial charge in [0.05, 0.1) is 6.61 Å². The normalized spacial score (nSPS) is 24.6. The van der Waals surface area contributed by atoms with Gasteiger partial charge in [0.25, 0.3) is 0 Å². The number of hydrogen-bond donors (Lipinski definition) is 1. The predicted molar refractivity (Wildman–Crippen MR) is 65.3 cm³/mol. The maximum absolute atomic E-state index is 11.6. The van der Waals surface area contributed by atoms with Crippen LogP contribution in [0.1, 0.15) is 51.9 Å². The molecule has 0 aliphatic heterocycles. The van der Waals surface area contributed by atoms with Crippen LogP contribution in [0.25, 0.3) is 0 Å². The van der Waals surface area contributed by atoms with Gasteiger partial charge in [0, 0.05) is 19.6 Å². The Bertz CT molecular complexity index is 206. The Morgan fingerprint density at radius 1 is 1.44 bits per heavy atom. The summed E-state index contributed by atoms with van der Waals surface area (Å²) in [7, 11) is 1.63. The van der Waals surface area contributed by atoms with Crippen LogP contribution in [0.5, 0.6) is 0 Å². The van der Waals surface area contributed by atoms with Gasteiger partial charge in [-0.05, 0) is 25.2 Å². The van der Waals surface area contributed by atoms with Gasteiger partial charge in [-0.3, -0.25) is 4.79 Å². The summed E-state index contributed by atoms with van der Waals surface area (Å²) in [5.74, 6) is 0.863. The van der Waals surface area contributed by atoms with Crippen LogP contribution >= 0.6 is 0 Å². The fourth-order valence-electron chi connectivity index (χ4n) is 2.51. The van der Waals surface area contributed by atoms with Crippen molar-refractivity contribution in [2.45, 2.75) is 57.9 Å². The Hall–Kier alpha value is -0.570. The molecule has 0 bridgehead atoms. The molecule has 0 radical (unpaired) electrons. The summed E-state index contributed by atoms with van der Waals surface area (Å²) in [6.45, 7) is 2.75. The molecule has 0 aromatic rings. The maximum atomic E-state index is 11.6. The second-order valence-corrected chi connectivity index (χ2v) is 4.75. The summed E-state index contributed by atoms with van der Waals surface area (Å²) >= 11 is 0. The molecule has 1 rings (SSSR count). The molecule has 0 spiro atoms. The number of nitrogens with one attached hydrogen (secondary N) is 1. The van der Waals surface area contributed by atoms with E-state index in [-0.39, 0.29) is 5.91 Å². The van der Waals surface area contributed by atoms with Crippen LogP contribution < -0.4 is 5.32 Å². The third-order valence-corrected chi connectivity index (χ3v) is 3.47. The van der Waals surface area contributed by atoms with Gasteiger partial charge >= 0.3 is 0 Å². The minimum absolute atomic E-state index is 0.148. The number of carbonyl (C=O) groups is 1. The molecular weight excluding hydrogens is 202 g/mol. The Morgan fingerprint density at radius 2 is 2.25 bits per heavy atom. The van der Waals surface area contributed by atoms with E-state index in [1.807, 2.05) is 0 Å². The standard InChI is InChI=1S/C13H25NO2/c1-3-4-6-11-7-5-8-12(11)14-13(15)9-10-16-2/h11-12H,3-10H2,1-2H3,(H,14,15). The van der Waals surface area contributed by atoms with Crippen molar-refractivity contribution in [3.8, 4) is 0 Å². The van der Waals surface area contributed by atoms with Crippen molar-refractivity contribution in [2.75, 3.05) is 13.7 Å². The van der Waals surface area contributed by atoms with Crippen LogP contribution in [0.2, 0.25) is 0 Å². The smallest absolute Gasteiger partial charge is 0.222 e. The van der Waals surface area contributed by atoms with E-state index in [2.05, 4.69) is 12.2 Å². The van der Waals surface area contributed by atoms with Crippen LogP contribution in [-0.2, 0) is 9.53 Å². The lowest BCUT2D eigenvalue weighted by Crippen LogP contribution is -2.37. The second kappa shape index (κ2) is 7.66. The van der Waals surface area contributed by atoms with Crippen LogP contribution in [0.3, 0.4) is 0 Å². The second-order valence-electron chi connectivity index (χ2n) is 4.75. The minimum Gasteiger partial charge on any atom is -0.384 e. The zero-order valence-electron chi connectivity index (χ0n) is 10.6. The van der Waals surface area contributed by atoms with E-state index in [9.17, 15) is 4.79 Å². The van der Waals surface area contributed by atoms with E-state index in [0.717, 1.165) is 6.42 Å². The average Bonchev–Trinajstić information content (AvgIpc) is 2.71. The van der Waals surface area contributed by atoms with Crippen molar-refractivity contribution in [3.63, 3.8) is 0 Å². The Labute approximate surface area is 98.9 Å². The molecule has 2 atom stereocenters. The van der Waals surface area contributed by atoms with Gasteiger partial charge < -0.3 is 10.1 Å². The lowest BCUT2D eigenvalue weighted by atomic mass is 9.97. The zero-order valence-corrected chi connectivity index (χ0v) is 10.6. The molecule has 0 saturated heterocycles. The molecule has 1 N–H and O–H groups in total. The first-order valence-electron chi connectivity index (χ1n) is 6.56. The lowest BCUT2D eigenvalue weighted by Gasteiger charge is -2.20. The third-order valence-electron chi connectivity index (χ3n) is 3.47. The van der Waals surface area contributed by atoms with E-state index in [1.54, 1.807) is 7.11 Å². The molecule has 16 heavy (non-hydrogen) atoms. The zero-order chi connectivity index (χ0) is 11.8. The highest BCUT2D eigenvalue weighted by Crippen LogP contribution is 2.29. The van der Waals surface area contributed by atoms with E-state index >= 15 is 0 Å². The van der Waals surface area contributed by atoms with E-state index < -0.39 is 0 Å². The average molecular weight is 227 g/mol. The Balaban J connectivity index is 2.25. The largest absolute Gasteiger partial charge is 0.384 e. The molecule has 0 aromatic carbocycles. The summed E-state index contributed by atoms with van der Waals surface area (Å²) in [6, 6.07) is 0.427. The van der Waals surface area contributed by atoms with Crippen molar-refractivity contribution < 1.29 is 9.53 Å². The van der Waals surface area contributed by atoms with Gasteiger partial charge in [-0.25, -0.2) is 0 Å². The molecule has 1 aliphatic rings. The molecule has 94 valence electrons. The van der Waals surface area contributed by atoms with Gasteiger partial charge in [-0.1, -0.05) is 26.2 Å². The van der Waals surface area contributed by atoms with Crippen LogP contribution in [0, 0.1) is 5.92 Å². The molecule has 1 amide bonds. The highest BCUT2D eigenvalue weighted by atomic mass is 16.5. The molecule has 1 saturated carbocycles. The molecule has 0 heterocycles. The number of ether oxygens (including phenoxy) is 1. The fraction of sp³-hybridized carbons (Fsp3) is 0.923. The van der Waals surface area contributed by atoms with E-state index in [4.69, 9.17) is 4.74 Å². The van der Waals surface area contributed by atoms with Gasteiger partial charge in [0.1, 0.15) is 0 Å². The van der Waals surface area contributed by atoms with Crippen molar-refractivity contribution in [1.82, 2.24) is 5.32 Å². The van der Waals surface area contributed by atoms with Gasteiger partial charge in [0.15, 0.2) is 0 Å². The minimum atomic E-state index is 0.148. The highest BCUT2D eigenvalue weighted by Gasteiger charge is 2.27. The fourth-order valence-corrected chi connectivity index (χ4v) is 2.51. The van der Waals surface area contributed by atoms with Crippen molar-refractivity contribution >= 4 is 5.91 Å². The first-order valence-corrected chi connectivity index (χ1v) is 6.56. The molecule has 0 aromatic heterocycles. The van der Waals surface area contributed by atoms with E-state index in [0.29, 0.717) is 25.0 Å².